The van der Waals surface area contributed by atoms with Crippen LogP contribution in [0, 0.1) is 5.92 Å². The molecule has 0 bridgehead atoms. The fourth-order valence-corrected chi connectivity index (χ4v) is 5.80. The van der Waals surface area contributed by atoms with Gasteiger partial charge >= 0.3 is 0 Å². The van der Waals surface area contributed by atoms with E-state index in [0.717, 1.165) is 36.1 Å². The van der Waals surface area contributed by atoms with Crippen molar-refractivity contribution in [2.45, 2.75) is 84.1 Å². The van der Waals surface area contributed by atoms with Gasteiger partial charge in [0.25, 0.3) is 0 Å². The number of carbonyl (C=O) groups excluding carboxylic acids is 1. The van der Waals surface area contributed by atoms with E-state index in [1.54, 1.807) is 0 Å². The molecule has 1 heterocycles. The summed E-state index contributed by atoms with van der Waals surface area (Å²) in [7, 11) is -1.74. The summed E-state index contributed by atoms with van der Waals surface area (Å²) in [5.41, 5.74) is 3.66. The number of hydrogen-bond acceptors (Lipinski definition) is 6. The second kappa shape index (κ2) is 17.9. The second-order valence-electron chi connectivity index (χ2n) is 13.3. The lowest BCUT2D eigenvalue weighted by Gasteiger charge is -2.36. The number of Topliss-reactive ketones (excluding diaryl/α,β-unsaturated/α-hetero) is 1. The minimum Gasteiger partial charge on any atom is -0.417 e. The minimum atomic E-state index is -1.74. The molecule has 7 heteroatoms. The van der Waals surface area contributed by atoms with Crippen LogP contribution in [0.4, 0.5) is 0 Å². The van der Waals surface area contributed by atoms with E-state index in [1.807, 2.05) is 72.8 Å². The van der Waals surface area contributed by atoms with Crippen molar-refractivity contribution >= 4 is 14.1 Å². The van der Waals surface area contributed by atoms with E-state index in [-0.39, 0.29) is 23.3 Å². The van der Waals surface area contributed by atoms with Gasteiger partial charge in [-0.05, 0) is 49.0 Å². The molecule has 1 fully saturated rings. The van der Waals surface area contributed by atoms with Crippen LogP contribution in [0.15, 0.2) is 96.6 Å². The van der Waals surface area contributed by atoms with Gasteiger partial charge in [0, 0.05) is 24.5 Å². The van der Waals surface area contributed by atoms with Gasteiger partial charge in [0.2, 0.25) is 11.6 Å². The van der Waals surface area contributed by atoms with Gasteiger partial charge in [-0.3, -0.25) is 4.79 Å². The first-order chi connectivity index (χ1) is 21.4. The maximum Gasteiger partial charge on any atom is 0.233 e. The first-order valence-electron chi connectivity index (χ1n) is 16.2. The molecule has 1 aliphatic rings. The van der Waals surface area contributed by atoms with Crippen LogP contribution < -0.4 is 0 Å². The van der Waals surface area contributed by atoms with E-state index in [9.17, 15) is 4.79 Å². The lowest BCUT2D eigenvalue weighted by Crippen LogP contribution is -2.44. The molecule has 0 radical (unpaired) electrons. The number of hydrogen-bond donors (Lipinski definition) is 0. The smallest absolute Gasteiger partial charge is 0.233 e. The van der Waals surface area contributed by atoms with Crippen LogP contribution in [0.2, 0.25) is 18.1 Å². The van der Waals surface area contributed by atoms with Crippen LogP contribution in [0.1, 0.15) is 58.1 Å². The van der Waals surface area contributed by atoms with Gasteiger partial charge in [0.15, 0.2) is 8.32 Å². The Morgan fingerprint density at radius 1 is 1.00 bits per heavy atom. The molecule has 0 unspecified atom stereocenters. The molecule has 0 saturated carbocycles. The maximum absolute atomic E-state index is 13.9. The Morgan fingerprint density at radius 2 is 1.58 bits per heavy atom. The molecule has 3 rings (SSSR count). The fraction of sp³-hybridized carbons (Fsp3) is 0.500. The van der Waals surface area contributed by atoms with Crippen LogP contribution in [-0.4, -0.2) is 52.9 Å². The maximum atomic E-state index is 13.9. The van der Waals surface area contributed by atoms with Crippen molar-refractivity contribution < 1.29 is 28.2 Å². The van der Waals surface area contributed by atoms with Gasteiger partial charge < -0.3 is 23.4 Å². The Bertz CT molecular complexity index is 1190. The quantitative estimate of drug-likeness (QED) is 0.0668. The Hall–Kier alpha value is -2.65. The predicted molar refractivity (Wildman–Crippen MR) is 184 cm³/mol. The Balaban J connectivity index is 1.57. The normalized spacial score (nSPS) is 17.8. The van der Waals surface area contributed by atoms with Gasteiger partial charge in [-0.1, -0.05) is 112 Å². The summed E-state index contributed by atoms with van der Waals surface area (Å²) in [4.78, 5) is 13.9. The molecule has 0 aromatic heterocycles. The SMILES string of the molecule is C=C(C(=O)[C@]1(OC/C=C/C(C)=C/CCO[Si](C)(C)C(C)(C)C)CCCO1)C(COCc1ccccc1)COCc1ccccc1. The van der Waals surface area contributed by atoms with Crippen LogP contribution in [0.3, 0.4) is 0 Å². The second-order valence-corrected chi connectivity index (χ2v) is 18.1. The molecule has 1 saturated heterocycles. The summed E-state index contributed by atoms with van der Waals surface area (Å²) < 4.78 is 30.6. The number of ketones is 1. The number of rotatable bonds is 19. The molecule has 6 nitrogen and oxygen atoms in total. The summed E-state index contributed by atoms with van der Waals surface area (Å²) in [6, 6.07) is 20.0. The Labute approximate surface area is 272 Å². The predicted octanol–water partition coefficient (Wildman–Crippen LogP) is 8.60. The molecule has 2 aromatic carbocycles. The van der Waals surface area contributed by atoms with Crippen molar-refractivity contribution in [3.63, 3.8) is 0 Å². The zero-order valence-corrected chi connectivity index (χ0v) is 29.3. The van der Waals surface area contributed by atoms with Gasteiger partial charge in [0.05, 0.1) is 39.6 Å². The molecule has 2 aromatic rings. The zero-order chi connectivity index (χ0) is 32.8. The van der Waals surface area contributed by atoms with Crippen molar-refractivity contribution in [3.8, 4) is 0 Å². The topological polar surface area (TPSA) is 63.2 Å². The molecule has 0 N–H and O–H groups in total. The average Bonchev–Trinajstić information content (AvgIpc) is 3.50. The van der Waals surface area contributed by atoms with E-state index in [2.05, 4.69) is 53.4 Å². The third-order valence-corrected chi connectivity index (χ3v) is 13.2. The molecule has 246 valence electrons. The van der Waals surface area contributed by atoms with Crippen LogP contribution in [0.5, 0.6) is 0 Å². The van der Waals surface area contributed by atoms with Crippen LogP contribution in [-0.2, 0) is 41.4 Å². The highest BCUT2D eigenvalue weighted by Crippen LogP contribution is 2.36. The Morgan fingerprint density at radius 3 is 2.09 bits per heavy atom. The van der Waals surface area contributed by atoms with Crippen molar-refractivity contribution in [1.29, 1.82) is 0 Å². The lowest BCUT2D eigenvalue weighted by atomic mass is 9.92. The molecular weight excluding hydrogens is 580 g/mol. The lowest BCUT2D eigenvalue weighted by molar-refractivity contribution is -0.202. The highest BCUT2D eigenvalue weighted by atomic mass is 28.4. The molecule has 45 heavy (non-hydrogen) atoms. The van der Waals surface area contributed by atoms with Gasteiger partial charge in [-0.2, -0.15) is 0 Å². The summed E-state index contributed by atoms with van der Waals surface area (Å²) in [6.45, 7) is 20.5. The molecular formula is C38H54O6Si. The van der Waals surface area contributed by atoms with E-state index in [1.165, 1.54) is 0 Å². The highest BCUT2D eigenvalue weighted by Gasteiger charge is 2.46. The highest BCUT2D eigenvalue weighted by molar-refractivity contribution is 6.74. The fourth-order valence-electron chi connectivity index (χ4n) is 4.74. The van der Waals surface area contributed by atoms with Crippen molar-refractivity contribution in [1.82, 2.24) is 0 Å². The third kappa shape index (κ3) is 11.9. The van der Waals surface area contributed by atoms with Crippen LogP contribution >= 0.6 is 0 Å². The van der Waals surface area contributed by atoms with E-state index in [4.69, 9.17) is 23.4 Å². The molecule has 0 aliphatic carbocycles. The standard InChI is InChI=1S/C38H54O6Si/c1-31(18-15-26-44-45(6,7)37(3,4)5)17-14-24-42-38(23-16-25-43-38)36(39)32(2)35(29-40-27-33-19-10-8-11-20-33)30-41-28-34-21-12-9-13-22-34/h8-14,17-22,35H,2,15-16,23-30H2,1,3-7H3/b17-14+,31-18+/t38-/m0/s1. The molecule has 1 atom stereocenters. The summed E-state index contributed by atoms with van der Waals surface area (Å²) in [6.07, 6.45) is 8.22. The van der Waals surface area contributed by atoms with E-state index in [0.29, 0.717) is 45.0 Å². The Kier molecular flexibility index (Phi) is 14.6. The van der Waals surface area contributed by atoms with E-state index < -0.39 is 14.1 Å². The summed E-state index contributed by atoms with van der Waals surface area (Å²) in [5, 5.41) is 0.203. The molecule has 1 aliphatic heterocycles. The van der Waals surface area contributed by atoms with Gasteiger partial charge in [-0.25, -0.2) is 0 Å². The summed E-state index contributed by atoms with van der Waals surface area (Å²) in [5.74, 6) is -1.92. The molecule has 0 spiro atoms. The molecule has 0 amide bonds. The first kappa shape index (κ1) is 36.8. The third-order valence-electron chi connectivity index (χ3n) is 8.62. The number of carbonyl (C=O) groups is 1. The summed E-state index contributed by atoms with van der Waals surface area (Å²) >= 11 is 0. The van der Waals surface area contributed by atoms with E-state index >= 15 is 0 Å². The monoisotopic (exact) mass is 634 g/mol. The number of benzene rings is 2. The van der Waals surface area contributed by atoms with Gasteiger partial charge in [0.1, 0.15) is 0 Å². The zero-order valence-electron chi connectivity index (χ0n) is 28.3. The van der Waals surface area contributed by atoms with Crippen LogP contribution in [0.25, 0.3) is 0 Å². The first-order valence-corrected chi connectivity index (χ1v) is 19.1. The minimum absolute atomic E-state index is 0.203. The van der Waals surface area contributed by atoms with Crippen molar-refractivity contribution in [3.05, 3.63) is 108 Å². The van der Waals surface area contributed by atoms with Gasteiger partial charge in [-0.15, -0.1) is 0 Å². The van der Waals surface area contributed by atoms with Crippen molar-refractivity contribution in [2.24, 2.45) is 5.92 Å². The number of ether oxygens (including phenoxy) is 4. The average molecular weight is 635 g/mol. The van der Waals surface area contributed by atoms with Crippen molar-refractivity contribution in [2.75, 3.05) is 33.0 Å². The number of allylic oxidation sites excluding steroid dienone is 2. The largest absolute Gasteiger partial charge is 0.417 e.